The van der Waals surface area contributed by atoms with Gasteiger partial charge in [-0.1, -0.05) is 0 Å². The van der Waals surface area contributed by atoms with E-state index in [0.717, 1.165) is 0 Å². The maximum absolute atomic E-state index is 11.9. The van der Waals surface area contributed by atoms with Gasteiger partial charge in [0.25, 0.3) is 0 Å². The number of nitrogens with two attached hydrogens (primary N) is 1. The number of methoxy groups -OCH3 is 1. The van der Waals surface area contributed by atoms with E-state index in [1.54, 1.807) is 0 Å². The number of carbonyl (C=O) groups excluding carboxylic acids is 2. The Morgan fingerprint density at radius 2 is 2.30 bits per heavy atom. The summed E-state index contributed by atoms with van der Waals surface area (Å²) in [6.45, 7) is 1.12. The molecule has 1 heterocycles. The van der Waals surface area contributed by atoms with Crippen LogP contribution in [0.2, 0.25) is 0 Å². The first-order valence-electron chi connectivity index (χ1n) is 6.54. The molecule has 1 aliphatic heterocycles. The van der Waals surface area contributed by atoms with Crippen molar-refractivity contribution in [2.45, 2.75) is 12.0 Å². The molecule has 4 N–H and O–H groups in total. The number of amides is 2. The fraction of sp³-hybridized carbons (Fsp3) is 0.833. The van der Waals surface area contributed by atoms with Gasteiger partial charge in [0.1, 0.15) is 12.2 Å². The van der Waals surface area contributed by atoms with E-state index < -0.39 is 5.60 Å². The molecule has 2 amide bonds. The van der Waals surface area contributed by atoms with Crippen molar-refractivity contribution >= 4 is 11.8 Å². The van der Waals surface area contributed by atoms with Gasteiger partial charge in [-0.05, 0) is 0 Å². The SMILES string of the molecule is COCC(=O)NC[C@]1(O)COCCN(C(=O)CCN)C1. The quantitative estimate of drug-likeness (QED) is 0.506. The van der Waals surface area contributed by atoms with E-state index in [1.807, 2.05) is 0 Å². The van der Waals surface area contributed by atoms with E-state index in [-0.39, 0.29) is 51.1 Å². The van der Waals surface area contributed by atoms with Gasteiger partial charge in [-0.25, -0.2) is 0 Å². The minimum Gasteiger partial charge on any atom is -0.384 e. The number of hydrogen-bond donors (Lipinski definition) is 3. The van der Waals surface area contributed by atoms with Crippen LogP contribution in [0.5, 0.6) is 0 Å². The monoisotopic (exact) mass is 289 g/mol. The molecule has 1 saturated heterocycles. The van der Waals surface area contributed by atoms with Crippen LogP contribution in [0.4, 0.5) is 0 Å². The van der Waals surface area contributed by atoms with Crippen molar-refractivity contribution in [3.63, 3.8) is 0 Å². The lowest BCUT2D eigenvalue weighted by atomic mass is 10.0. The molecule has 1 fully saturated rings. The number of nitrogens with one attached hydrogen (secondary N) is 1. The number of aliphatic hydroxyl groups is 1. The van der Waals surface area contributed by atoms with E-state index in [0.29, 0.717) is 13.2 Å². The Bertz CT molecular complexity index is 339. The number of nitrogens with zero attached hydrogens (tertiary/aromatic N) is 1. The largest absolute Gasteiger partial charge is 0.384 e. The summed E-state index contributed by atoms with van der Waals surface area (Å²) in [6, 6.07) is 0. The van der Waals surface area contributed by atoms with Gasteiger partial charge in [0.2, 0.25) is 11.8 Å². The second-order valence-corrected chi connectivity index (χ2v) is 4.84. The van der Waals surface area contributed by atoms with Gasteiger partial charge in [0, 0.05) is 26.6 Å². The van der Waals surface area contributed by atoms with Crippen LogP contribution < -0.4 is 11.1 Å². The van der Waals surface area contributed by atoms with Crippen molar-refractivity contribution in [3.05, 3.63) is 0 Å². The van der Waals surface area contributed by atoms with Crippen LogP contribution in [0.3, 0.4) is 0 Å². The molecule has 0 aromatic heterocycles. The normalized spacial score (nSPS) is 23.2. The van der Waals surface area contributed by atoms with Crippen molar-refractivity contribution in [2.75, 3.05) is 53.1 Å². The molecule has 116 valence electrons. The molecule has 20 heavy (non-hydrogen) atoms. The van der Waals surface area contributed by atoms with E-state index in [2.05, 4.69) is 10.1 Å². The van der Waals surface area contributed by atoms with Crippen LogP contribution in [-0.2, 0) is 19.1 Å². The second kappa shape index (κ2) is 8.15. The third kappa shape index (κ3) is 5.41. The van der Waals surface area contributed by atoms with Gasteiger partial charge in [-0.2, -0.15) is 0 Å². The number of β-amino-alcohol motifs (C(OH)–C–C–N with tert-alkyl or cyclic N) is 1. The Kier molecular flexibility index (Phi) is 6.86. The standard InChI is InChI=1S/C12H23N3O5/c1-19-6-10(16)14-7-12(18)8-15(4-5-20-9-12)11(17)2-3-13/h18H,2-9,13H2,1H3,(H,14,16)/t12-/m1/s1. The Balaban J connectivity index is 2.57. The molecule has 0 spiro atoms. The molecule has 0 radical (unpaired) electrons. The predicted octanol–water partition coefficient (Wildman–Crippen LogP) is -2.31. The fourth-order valence-corrected chi connectivity index (χ4v) is 1.96. The first-order chi connectivity index (χ1) is 9.50. The lowest BCUT2D eigenvalue weighted by Gasteiger charge is -2.30. The smallest absolute Gasteiger partial charge is 0.246 e. The minimum absolute atomic E-state index is 0.00159. The van der Waals surface area contributed by atoms with Crippen molar-refractivity contribution < 1.29 is 24.2 Å². The minimum atomic E-state index is -1.30. The van der Waals surface area contributed by atoms with Crippen molar-refractivity contribution in [1.82, 2.24) is 10.2 Å². The number of hydrogen-bond acceptors (Lipinski definition) is 6. The van der Waals surface area contributed by atoms with Gasteiger partial charge in [0.15, 0.2) is 0 Å². The van der Waals surface area contributed by atoms with E-state index in [4.69, 9.17) is 10.5 Å². The maximum Gasteiger partial charge on any atom is 0.246 e. The summed E-state index contributed by atoms with van der Waals surface area (Å²) in [7, 11) is 1.41. The first-order valence-corrected chi connectivity index (χ1v) is 6.54. The van der Waals surface area contributed by atoms with E-state index >= 15 is 0 Å². The van der Waals surface area contributed by atoms with E-state index in [1.165, 1.54) is 12.0 Å². The molecular formula is C12H23N3O5. The van der Waals surface area contributed by atoms with Crippen LogP contribution in [0.1, 0.15) is 6.42 Å². The molecule has 8 nitrogen and oxygen atoms in total. The molecule has 0 saturated carbocycles. The second-order valence-electron chi connectivity index (χ2n) is 4.84. The molecule has 0 unspecified atom stereocenters. The van der Waals surface area contributed by atoms with Gasteiger partial charge >= 0.3 is 0 Å². The Hall–Kier alpha value is -1.22. The summed E-state index contributed by atoms with van der Waals surface area (Å²) in [5, 5.41) is 13.0. The summed E-state index contributed by atoms with van der Waals surface area (Å²) in [6.07, 6.45) is 0.228. The maximum atomic E-state index is 11.9. The zero-order valence-corrected chi connectivity index (χ0v) is 11.8. The van der Waals surface area contributed by atoms with Crippen molar-refractivity contribution in [3.8, 4) is 0 Å². The van der Waals surface area contributed by atoms with Gasteiger partial charge < -0.3 is 30.5 Å². The third-order valence-electron chi connectivity index (χ3n) is 2.96. The predicted molar refractivity (Wildman–Crippen MR) is 70.9 cm³/mol. The zero-order valence-electron chi connectivity index (χ0n) is 11.8. The van der Waals surface area contributed by atoms with Crippen LogP contribution in [0.25, 0.3) is 0 Å². The molecule has 0 aromatic rings. The van der Waals surface area contributed by atoms with Crippen LogP contribution in [-0.4, -0.2) is 80.5 Å². The Labute approximate surface area is 118 Å². The number of rotatable bonds is 6. The van der Waals surface area contributed by atoms with Crippen LogP contribution in [0, 0.1) is 0 Å². The summed E-state index contributed by atoms with van der Waals surface area (Å²) < 4.78 is 9.99. The van der Waals surface area contributed by atoms with Crippen LogP contribution in [0.15, 0.2) is 0 Å². The highest BCUT2D eigenvalue weighted by atomic mass is 16.5. The summed E-state index contributed by atoms with van der Waals surface area (Å²) >= 11 is 0. The Morgan fingerprint density at radius 3 is 2.95 bits per heavy atom. The van der Waals surface area contributed by atoms with Gasteiger partial charge in [0.05, 0.1) is 26.3 Å². The molecule has 0 aromatic carbocycles. The summed E-state index contributed by atoms with van der Waals surface area (Å²) in [4.78, 5) is 24.7. The van der Waals surface area contributed by atoms with Gasteiger partial charge in [-0.15, -0.1) is 0 Å². The molecule has 0 bridgehead atoms. The number of ether oxygens (including phenoxy) is 2. The highest BCUT2D eigenvalue weighted by Crippen LogP contribution is 2.12. The van der Waals surface area contributed by atoms with Gasteiger partial charge in [-0.3, -0.25) is 9.59 Å². The van der Waals surface area contributed by atoms with Crippen molar-refractivity contribution in [2.24, 2.45) is 5.73 Å². The molecule has 1 aliphatic rings. The third-order valence-corrected chi connectivity index (χ3v) is 2.96. The van der Waals surface area contributed by atoms with Crippen molar-refractivity contribution in [1.29, 1.82) is 0 Å². The summed E-state index contributed by atoms with van der Waals surface area (Å²) in [5.74, 6) is -0.454. The molecular weight excluding hydrogens is 266 g/mol. The number of carbonyl (C=O) groups is 2. The lowest BCUT2D eigenvalue weighted by molar-refractivity contribution is -0.134. The molecule has 8 heteroatoms. The summed E-state index contributed by atoms with van der Waals surface area (Å²) in [5.41, 5.74) is 4.06. The lowest BCUT2D eigenvalue weighted by Crippen LogP contribution is -2.53. The highest BCUT2D eigenvalue weighted by Gasteiger charge is 2.34. The average Bonchev–Trinajstić information content (AvgIpc) is 2.60. The average molecular weight is 289 g/mol. The first kappa shape index (κ1) is 16.8. The molecule has 1 rings (SSSR count). The zero-order chi connectivity index (χ0) is 15.0. The molecule has 0 aliphatic carbocycles. The topological polar surface area (TPSA) is 114 Å². The fourth-order valence-electron chi connectivity index (χ4n) is 1.96. The molecule has 1 atom stereocenters. The highest BCUT2D eigenvalue weighted by molar-refractivity contribution is 5.77. The Morgan fingerprint density at radius 1 is 1.55 bits per heavy atom. The van der Waals surface area contributed by atoms with Crippen LogP contribution >= 0.6 is 0 Å². The van der Waals surface area contributed by atoms with E-state index in [9.17, 15) is 14.7 Å².